The van der Waals surface area contributed by atoms with Crippen molar-refractivity contribution in [2.75, 3.05) is 43.5 Å². The summed E-state index contributed by atoms with van der Waals surface area (Å²) in [6.45, 7) is 1.88. The number of alkyl halides is 3. The molecule has 2 amide bonds. The minimum atomic E-state index is -4.99. The number of benzene rings is 2. The number of aromatic nitrogens is 2. The van der Waals surface area contributed by atoms with E-state index < -0.39 is 23.9 Å². The van der Waals surface area contributed by atoms with Crippen LogP contribution < -0.4 is 15.4 Å². The molecule has 0 spiro atoms. The standard InChI is InChI=1S/C24H21ClF3N5O4/c25-17-3-1-2-15(10-17)19-12-30-21(13-29-19)32-23(35)16-4-5-20(37-24(26,27)28)18(11-16)31-22(34)14-33-6-8-36-9-7-33/h1-5,10-13H,6-9,14H2,(H,31,34)(H,30,32,35). The Morgan fingerprint density at radius 3 is 2.51 bits per heavy atom. The van der Waals surface area contributed by atoms with E-state index >= 15 is 0 Å². The van der Waals surface area contributed by atoms with E-state index in [1.54, 1.807) is 29.2 Å². The van der Waals surface area contributed by atoms with Gasteiger partial charge in [0.15, 0.2) is 11.6 Å². The molecular weight excluding hydrogens is 515 g/mol. The number of carbonyl (C=O) groups excluding carboxylic acids is 2. The lowest BCUT2D eigenvalue weighted by Crippen LogP contribution is -2.41. The molecule has 1 aromatic heterocycles. The average molecular weight is 536 g/mol. The van der Waals surface area contributed by atoms with Crippen LogP contribution in [0.1, 0.15) is 10.4 Å². The lowest BCUT2D eigenvalue weighted by Gasteiger charge is -2.26. The van der Waals surface area contributed by atoms with Gasteiger partial charge in [-0.2, -0.15) is 0 Å². The number of hydrogen-bond acceptors (Lipinski definition) is 7. The number of hydrogen-bond donors (Lipinski definition) is 2. The zero-order valence-electron chi connectivity index (χ0n) is 19.2. The molecule has 1 saturated heterocycles. The van der Waals surface area contributed by atoms with Gasteiger partial charge < -0.3 is 20.1 Å². The summed E-state index contributed by atoms with van der Waals surface area (Å²) >= 11 is 5.99. The van der Waals surface area contributed by atoms with Crippen LogP contribution in [0.3, 0.4) is 0 Å². The van der Waals surface area contributed by atoms with Crippen LogP contribution in [0.15, 0.2) is 54.9 Å². The molecule has 0 aliphatic carbocycles. The predicted molar refractivity (Wildman–Crippen MR) is 129 cm³/mol. The van der Waals surface area contributed by atoms with Gasteiger partial charge in [-0.3, -0.25) is 19.5 Å². The van der Waals surface area contributed by atoms with Crippen molar-refractivity contribution in [3.05, 3.63) is 65.4 Å². The van der Waals surface area contributed by atoms with E-state index in [9.17, 15) is 22.8 Å². The van der Waals surface area contributed by atoms with E-state index in [1.807, 2.05) is 0 Å². The molecule has 37 heavy (non-hydrogen) atoms. The number of amides is 2. The number of rotatable bonds is 7. The molecule has 9 nitrogen and oxygen atoms in total. The molecule has 4 rings (SSSR count). The largest absolute Gasteiger partial charge is 0.573 e. The van der Waals surface area contributed by atoms with Gasteiger partial charge in [0.2, 0.25) is 5.91 Å². The number of nitrogens with zero attached hydrogens (tertiary/aromatic N) is 3. The number of nitrogens with one attached hydrogen (secondary N) is 2. The fourth-order valence-electron chi connectivity index (χ4n) is 3.51. The summed E-state index contributed by atoms with van der Waals surface area (Å²) in [6.07, 6.45) is -2.22. The molecule has 2 N–H and O–H groups in total. The third kappa shape index (κ3) is 7.62. The first-order valence-corrected chi connectivity index (χ1v) is 11.4. The molecule has 3 aromatic rings. The maximum absolute atomic E-state index is 12.9. The van der Waals surface area contributed by atoms with E-state index in [1.165, 1.54) is 12.4 Å². The van der Waals surface area contributed by atoms with E-state index in [4.69, 9.17) is 16.3 Å². The van der Waals surface area contributed by atoms with Gasteiger partial charge in [0.05, 0.1) is 43.5 Å². The van der Waals surface area contributed by atoms with Crippen molar-refractivity contribution < 1.29 is 32.2 Å². The monoisotopic (exact) mass is 535 g/mol. The summed E-state index contributed by atoms with van der Waals surface area (Å²) in [4.78, 5) is 35.5. The summed E-state index contributed by atoms with van der Waals surface area (Å²) in [7, 11) is 0. The molecule has 0 saturated carbocycles. The normalized spacial score (nSPS) is 14.2. The van der Waals surface area contributed by atoms with Crippen LogP contribution in [0.2, 0.25) is 5.02 Å². The second kappa shape index (κ2) is 11.5. The SMILES string of the molecule is O=C(CN1CCOCC1)Nc1cc(C(=O)Nc2cnc(-c3cccc(Cl)c3)cn2)ccc1OC(F)(F)F. The van der Waals surface area contributed by atoms with Crippen LogP contribution in [-0.2, 0) is 9.53 Å². The minimum Gasteiger partial charge on any atom is -0.404 e. The fraction of sp³-hybridized carbons (Fsp3) is 0.250. The third-order valence-electron chi connectivity index (χ3n) is 5.23. The van der Waals surface area contributed by atoms with Crippen molar-refractivity contribution in [2.45, 2.75) is 6.36 Å². The van der Waals surface area contributed by atoms with Gasteiger partial charge in [-0.1, -0.05) is 23.7 Å². The smallest absolute Gasteiger partial charge is 0.404 e. The summed E-state index contributed by atoms with van der Waals surface area (Å²) in [6, 6.07) is 10.2. The number of morpholine rings is 1. The molecule has 1 aliphatic rings. The highest BCUT2D eigenvalue weighted by Gasteiger charge is 2.32. The Bertz CT molecular complexity index is 1270. The first-order valence-electron chi connectivity index (χ1n) is 11.1. The first-order chi connectivity index (χ1) is 17.7. The van der Waals surface area contributed by atoms with Crippen LogP contribution in [0, 0.1) is 0 Å². The Hall–Kier alpha value is -3.74. The van der Waals surface area contributed by atoms with Crippen LogP contribution in [0.4, 0.5) is 24.7 Å². The predicted octanol–water partition coefficient (Wildman–Crippen LogP) is 4.22. The van der Waals surface area contributed by atoms with Crippen molar-refractivity contribution in [2.24, 2.45) is 0 Å². The summed E-state index contributed by atoms with van der Waals surface area (Å²) in [5.41, 5.74) is 0.928. The molecular formula is C24H21ClF3N5O4. The molecule has 1 fully saturated rings. The lowest BCUT2D eigenvalue weighted by molar-refractivity contribution is -0.274. The second-order valence-electron chi connectivity index (χ2n) is 7.95. The van der Waals surface area contributed by atoms with Gasteiger partial charge in [-0.15, -0.1) is 13.2 Å². The second-order valence-corrected chi connectivity index (χ2v) is 8.38. The Morgan fingerprint density at radius 1 is 1.05 bits per heavy atom. The van der Waals surface area contributed by atoms with E-state index in [2.05, 4.69) is 25.3 Å². The summed E-state index contributed by atoms with van der Waals surface area (Å²) in [5.74, 6) is -1.77. The molecule has 0 radical (unpaired) electrons. The molecule has 13 heteroatoms. The number of ether oxygens (including phenoxy) is 2. The zero-order chi connectivity index (χ0) is 26.4. The number of halogens is 4. The van der Waals surface area contributed by atoms with Gasteiger partial charge in [-0.25, -0.2) is 4.98 Å². The van der Waals surface area contributed by atoms with Gasteiger partial charge in [0, 0.05) is 29.2 Å². The number of carbonyl (C=O) groups is 2. The molecule has 194 valence electrons. The van der Waals surface area contributed by atoms with E-state index in [-0.39, 0.29) is 23.6 Å². The zero-order valence-corrected chi connectivity index (χ0v) is 20.0. The van der Waals surface area contributed by atoms with Crippen molar-refractivity contribution >= 4 is 34.9 Å². The third-order valence-corrected chi connectivity index (χ3v) is 5.46. The van der Waals surface area contributed by atoms with Crippen LogP contribution in [-0.4, -0.2) is 65.9 Å². The van der Waals surface area contributed by atoms with Gasteiger partial charge in [0.25, 0.3) is 5.91 Å². The average Bonchev–Trinajstić information content (AvgIpc) is 2.85. The van der Waals surface area contributed by atoms with Crippen LogP contribution >= 0.6 is 11.6 Å². The van der Waals surface area contributed by atoms with Gasteiger partial charge in [-0.05, 0) is 30.3 Å². The minimum absolute atomic E-state index is 0.0306. The molecule has 0 atom stereocenters. The van der Waals surface area contributed by atoms with Crippen molar-refractivity contribution in [1.29, 1.82) is 0 Å². The topological polar surface area (TPSA) is 106 Å². The Kier molecular flexibility index (Phi) is 8.21. The van der Waals surface area contributed by atoms with Gasteiger partial charge in [0.1, 0.15) is 0 Å². The highest BCUT2D eigenvalue weighted by molar-refractivity contribution is 6.30. The van der Waals surface area contributed by atoms with Crippen LogP contribution in [0.5, 0.6) is 5.75 Å². The quantitative estimate of drug-likeness (QED) is 0.466. The van der Waals surface area contributed by atoms with E-state index in [0.717, 1.165) is 23.8 Å². The molecule has 0 bridgehead atoms. The van der Waals surface area contributed by atoms with Crippen molar-refractivity contribution in [3.8, 4) is 17.0 Å². The Balaban J connectivity index is 1.48. The molecule has 2 aromatic carbocycles. The Labute approximate surface area is 214 Å². The molecule has 0 unspecified atom stereocenters. The highest BCUT2D eigenvalue weighted by Crippen LogP contribution is 2.31. The van der Waals surface area contributed by atoms with E-state index in [0.29, 0.717) is 37.0 Å². The summed E-state index contributed by atoms with van der Waals surface area (Å²) in [5, 5.41) is 5.46. The molecule has 1 aliphatic heterocycles. The van der Waals surface area contributed by atoms with Crippen molar-refractivity contribution in [3.63, 3.8) is 0 Å². The number of anilines is 2. The maximum atomic E-state index is 12.9. The van der Waals surface area contributed by atoms with Crippen LogP contribution in [0.25, 0.3) is 11.3 Å². The maximum Gasteiger partial charge on any atom is 0.573 e. The summed E-state index contributed by atoms with van der Waals surface area (Å²) < 4.78 is 47.9. The highest BCUT2D eigenvalue weighted by atomic mass is 35.5. The van der Waals surface area contributed by atoms with Gasteiger partial charge >= 0.3 is 6.36 Å². The van der Waals surface area contributed by atoms with Crippen molar-refractivity contribution in [1.82, 2.24) is 14.9 Å². The first kappa shape index (κ1) is 26.3. The fourth-order valence-corrected chi connectivity index (χ4v) is 3.70. The molecule has 2 heterocycles. The Morgan fingerprint density at radius 2 is 1.84 bits per heavy atom. The lowest BCUT2D eigenvalue weighted by atomic mass is 10.1.